The van der Waals surface area contributed by atoms with E-state index < -0.39 is 24.0 Å². The van der Waals surface area contributed by atoms with Crippen molar-refractivity contribution in [3.8, 4) is 6.07 Å². The summed E-state index contributed by atoms with van der Waals surface area (Å²) in [4.78, 5) is 27.6. The van der Waals surface area contributed by atoms with E-state index >= 15 is 0 Å². The van der Waals surface area contributed by atoms with Gasteiger partial charge in [-0.25, -0.2) is 22.9 Å². The van der Waals surface area contributed by atoms with Crippen molar-refractivity contribution in [2.24, 2.45) is 11.5 Å². The zero-order chi connectivity index (χ0) is 28.4. The summed E-state index contributed by atoms with van der Waals surface area (Å²) in [5, 5.41) is 19.8. The van der Waals surface area contributed by atoms with Crippen LogP contribution in [0.5, 0.6) is 0 Å². The number of urea groups is 1. The maximum Gasteiger partial charge on any atom is 0.380 e. The van der Waals surface area contributed by atoms with E-state index in [1.165, 1.54) is 40.7 Å². The van der Waals surface area contributed by atoms with Gasteiger partial charge in [0.1, 0.15) is 17.3 Å². The summed E-state index contributed by atoms with van der Waals surface area (Å²) >= 11 is 0. The molecule has 3 rings (SSSR count). The number of carbonyl (C=O) groups is 2. The smallest absolute Gasteiger partial charge is 0.380 e. The first-order valence-corrected chi connectivity index (χ1v) is 12.0. The molecule has 0 aliphatic carbocycles. The minimum atomic E-state index is -3.16. The Hall–Kier alpha value is -4.30. The second-order valence-electron chi connectivity index (χ2n) is 9.63. The topological polar surface area (TPSA) is 141 Å². The molecule has 1 aliphatic rings. The van der Waals surface area contributed by atoms with Gasteiger partial charge >= 0.3 is 18.0 Å². The van der Waals surface area contributed by atoms with Crippen LogP contribution in [0, 0.1) is 11.3 Å². The van der Waals surface area contributed by atoms with Crippen LogP contribution in [0.2, 0.25) is 0 Å². The predicted molar refractivity (Wildman–Crippen MR) is 137 cm³/mol. The van der Waals surface area contributed by atoms with Crippen molar-refractivity contribution >= 4 is 23.6 Å². The number of nitrogens with two attached hydrogens (primary N) is 2. The number of aliphatic carboxylic acids is 1. The van der Waals surface area contributed by atoms with Crippen LogP contribution < -0.4 is 16.4 Å². The molecule has 1 aliphatic heterocycles. The summed E-state index contributed by atoms with van der Waals surface area (Å²) in [7, 11) is 4.01. The predicted octanol–water partition coefficient (Wildman–Crippen LogP) is 2.20. The fraction of sp³-hybridized carbons (Fsp3) is 0.333. The number of nitrogens with one attached hydrogen (secondary N) is 1. The van der Waals surface area contributed by atoms with Crippen molar-refractivity contribution in [2.45, 2.75) is 38.7 Å². The van der Waals surface area contributed by atoms with Crippen LogP contribution >= 0.6 is 0 Å². The number of carboxylic acids is 1. The van der Waals surface area contributed by atoms with Gasteiger partial charge in [-0.1, -0.05) is 18.2 Å². The first-order valence-electron chi connectivity index (χ1n) is 12.0. The van der Waals surface area contributed by atoms with E-state index in [4.69, 9.17) is 11.5 Å². The number of carboxylic acid groups (broad SMARTS) is 1. The molecule has 0 fully saturated rings. The van der Waals surface area contributed by atoms with Gasteiger partial charge in [0.25, 0.3) is 5.92 Å². The number of amides is 2. The van der Waals surface area contributed by atoms with Crippen LogP contribution in [0.15, 0.2) is 53.7 Å². The summed E-state index contributed by atoms with van der Waals surface area (Å²) in [6, 6.07) is 10.0. The van der Waals surface area contributed by atoms with E-state index in [1.54, 1.807) is 18.2 Å². The Morgan fingerprint density at radius 1 is 1.24 bits per heavy atom. The Bertz CT molecular complexity index is 1370. The Morgan fingerprint density at radius 2 is 1.92 bits per heavy atom. The van der Waals surface area contributed by atoms with Gasteiger partial charge in [-0.2, -0.15) is 10.2 Å². The van der Waals surface area contributed by atoms with Crippen LogP contribution in [-0.2, 0) is 17.1 Å². The molecular weight excluding hydrogens is 494 g/mol. The number of nitriles is 1. The average molecular weight is 527 g/mol. The maximum atomic E-state index is 14.1. The molecule has 1 unspecified atom stereocenters. The number of hydrogen-bond acceptors (Lipinski definition) is 4. The van der Waals surface area contributed by atoms with Crippen molar-refractivity contribution in [2.75, 3.05) is 20.6 Å². The molecule has 0 saturated carbocycles. The number of rotatable bonds is 8. The van der Waals surface area contributed by atoms with Crippen LogP contribution in [0.4, 0.5) is 19.3 Å². The second kappa shape index (κ2) is 11.0. The molecule has 0 bridgehead atoms. The highest BCUT2D eigenvalue weighted by Gasteiger charge is 2.46. The van der Waals surface area contributed by atoms with E-state index in [0.29, 0.717) is 23.1 Å². The van der Waals surface area contributed by atoms with Gasteiger partial charge in [-0.3, -0.25) is 5.73 Å². The number of allylic oxidation sites excluding steroid dienone is 1. The second-order valence-corrected chi connectivity index (χ2v) is 9.63. The van der Waals surface area contributed by atoms with Crippen LogP contribution in [-0.4, -0.2) is 53.2 Å². The monoisotopic (exact) mass is 526 g/mol. The third-order valence-corrected chi connectivity index (χ3v) is 6.50. The number of primary amides is 1. The molecule has 2 amide bonds. The van der Waals surface area contributed by atoms with E-state index in [-0.39, 0.29) is 28.5 Å². The summed E-state index contributed by atoms with van der Waals surface area (Å²) in [5.74, 6) is -4.72. The number of benzene rings is 2. The number of carbonyl (C=O) groups excluding carboxylic acids is 1. The Morgan fingerprint density at radius 3 is 2.47 bits per heavy atom. The van der Waals surface area contributed by atoms with E-state index in [2.05, 4.69) is 6.07 Å². The molecule has 1 atom stereocenters. The lowest BCUT2D eigenvalue weighted by Gasteiger charge is -2.33. The molecular formula is C27H32F2N6O3+2. The number of guanidine groups is 1. The Balaban J connectivity index is 2.28. The Kier molecular flexibility index (Phi) is 8.17. The summed E-state index contributed by atoms with van der Waals surface area (Å²) in [5.41, 5.74) is 13.5. The van der Waals surface area contributed by atoms with Gasteiger partial charge in [0, 0.05) is 18.9 Å². The van der Waals surface area contributed by atoms with Gasteiger partial charge in [0.2, 0.25) is 0 Å². The average Bonchev–Trinajstić information content (AvgIpc) is 2.82. The SMILES string of the molecule is CC1=C(C(=O)O)C(c2ccc(C#N)cc2CCC[NH+](C)C)N(C(N)=O)C(N)=[N+]1c1cccc(C(C)(F)F)c1. The molecule has 0 saturated heterocycles. The fourth-order valence-corrected chi connectivity index (χ4v) is 4.70. The minimum Gasteiger partial charge on any atom is -0.478 e. The van der Waals surface area contributed by atoms with Crippen molar-refractivity contribution in [3.63, 3.8) is 0 Å². The van der Waals surface area contributed by atoms with Gasteiger partial charge in [-0.05, 0) is 48.7 Å². The lowest BCUT2D eigenvalue weighted by atomic mass is 9.88. The highest BCUT2D eigenvalue weighted by molar-refractivity contribution is 5.99. The molecule has 11 heteroatoms. The summed E-state index contributed by atoms with van der Waals surface area (Å²) in [6.07, 6.45) is 1.25. The van der Waals surface area contributed by atoms with Gasteiger partial charge in [0.05, 0.1) is 38.0 Å². The zero-order valence-corrected chi connectivity index (χ0v) is 21.8. The third kappa shape index (κ3) is 5.65. The number of alkyl halides is 2. The standard InChI is InChI=1S/C27H30F2N6O3/c1-16-22(24(36)37)23(21-11-10-17(15-30)13-18(21)7-6-12-33(3)4)35(26(32)38)25(31)34(16)20-9-5-8-19(14-20)27(2,28)29/h5,8-11,13-14,23,31H,6-7,12H2,1-4H3,(H3,32,36,37,38)/p+2. The quantitative estimate of drug-likeness (QED) is 0.391. The highest BCUT2D eigenvalue weighted by atomic mass is 19.3. The van der Waals surface area contributed by atoms with E-state index in [1.807, 2.05) is 14.1 Å². The molecule has 0 aromatic heterocycles. The van der Waals surface area contributed by atoms with E-state index in [0.717, 1.165) is 24.8 Å². The molecule has 200 valence electrons. The minimum absolute atomic E-state index is 0.141. The highest BCUT2D eigenvalue weighted by Crippen LogP contribution is 2.39. The number of hydrogen-bond donors (Lipinski definition) is 4. The summed E-state index contributed by atoms with van der Waals surface area (Å²) in [6.45, 7) is 3.06. The molecule has 2 aromatic carbocycles. The third-order valence-electron chi connectivity index (χ3n) is 6.50. The number of nitrogens with zero attached hydrogens (tertiary/aromatic N) is 3. The maximum absolute atomic E-state index is 14.1. The zero-order valence-electron chi connectivity index (χ0n) is 21.8. The van der Waals surface area contributed by atoms with Crippen molar-refractivity contribution in [1.29, 1.82) is 5.26 Å². The molecule has 2 aromatic rings. The fourth-order valence-electron chi connectivity index (χ4n) is 4.70. The van der Waals surface area contributed by atoms with Crippen LogP contribution in [0.1, 0.15) is 48.6 Å². The molecule has 9 nitrogen and oxygen atoms in total. The van der Waals surface area contributed by atoms with Crippen molar-refractivity contribution in [3.05, 3.63) is 76.0 Å². The van der Waals surface area contributed by atoms with Crippen molar-refractivity contribution in [1.82, 2.24) is 4.90 Å². The lowest BCUT2D eigenvalue weighted by Crippen LogP contribution is -3.05. The molecule has 0 spiro atoms. The van der Waals surface area contributed by atoms with E-state index in [9.17, 15) is 28.7 Å². The number of quaternary nitrogens is 1. The molecule has 0 radical (unpaired) electrons. The first-order chi connectivity index (χ1) is 17.8. The molecule has 6 N–H and O–H groups in total. The normalized spacial score (nSPS) is 16.2. The van der Waals surface area contributed by atoms with Crippen LogP contribution in [0.25, 0.3) is 0 Å². The van der Waals surface area contributed by atoms with Gasteiger partial charge in [-0.15, -0.1) is 0 Å². The Labute approximate surface area is 219 Å². The first kappa shape index (κ1) is 28.3. The van der Waals surface area contributed by atoms with Gasteiger partial charge < -0.3 is 15.7 Å². The number of halogens is 2. The van der Waals surface area contributed by atoms with Crippen molar-refractivity contribution < 1.29 is 33.0 Å². The lowest BCUT2D eigenvalue weighted by molar-refractivity contribution is -0.858. The number of aryl methyl sites for hydroxylation is 1. The molecule has 38 heavy (non-hydrogen) atoms. The molecule has 1 heterocycles. The largest absolute Gasteiger partial charge is 0.478 e. The van der Waals surface area contributed by atoms with Crippen LogP contribution in [0.3, 0.4) is 0 Å². The summed E-state index contributed by atoms with van der Waals surface area (Å²) < 4.78 is 29.4. The van der Waals surface area contributed by atoms with Gasteiger partial charge in [0.15, 0.2) is 0 Å².